The van der Waals surface area contributed by atoms with Gasteiger partial charge in [0.05, 0.1) is 5.97 Å². The summed E-state index contributed by atoms with van der Waals surface area (Å²) in [6.07, 6.45) is 0.722. The molecule has 0 bridgehead atoms. The summed E-state index contributed by atoms with van der Waals surface area (Å²) in [4.78, 5) is 9.14. The van der Waals surface area contributed by atoms with Gasteiger partial charge in [0.15, 0.2) is 0 Å². The average molecular weight is 154 g/mol. The Bertz CT molecular complexity index is 64.0. The van der Waals surface area contributed by atoms with Crippen molar-refractivity contribution < 1.29 is 29.4 Å². The van der Waals surface area contributed by atoms with Gasteiger partial charge in [0.1, 0.15) is 0 Å². The zero-order chi connectivity index (χ0) is 4.28. The molecule has 0 atom stereocenters. The van der Waals surface area contributed by atoms with Crippen molar-refractivity contribution in [3.8, 4) is 0 Å². The zero-order valence-electron chi connectivity index (χ0n) is 4.31. The minimum absolute atomic E-state index is 0. The first-order chi connectivity index (χ1) is 2.27. The number of aliphatic carboxylic acids is 1. The molecular formula is C3H7NO2Zn+2. The maximum atomic E-state index is 9.14. The van der Waals surface area contributed by atoms with Gasteiger partial charge in [-0.15, -0.1) is 0 Å². The van der Waals surface area contributed by atoms with E-state index in [9.17, 15) is 0 Å². The number of quaternary nitrogens is 1. The van der Waals surface area contributed by atoms with Crippen molar-refractivity contribution >= 4 is 5.97 Å². The Hall–Kier alpha value is -0.207. The number of hydrogen-bond donors (Lipinski definition) is 1. The summed E-state index contributed by atoms with van der Waals surface area (Å²) in [7, 11) is 0. The summed E-state index contributed by atoms with van der Waals surface area (Å²) in [6.45, 7) is 2.90. The standard InChI is InChI=1S/C3H4O2.H3N.Zn/c1-2-3(4)5;;/h2H,1H2,(H,4,5);1H3;/q;;+2. The molecule has 0 saturated heterocycles. The van der Waals surface area contributed by atoms with Crippen LogP contribution in [-0.2, 0) is 24.3 Å². The van der Waals surface area contributed by atoms with Gasteiger partial charge in [0, 0.05) is 0 Å². The molecule has 0 aliphatic rings. The fraction of sp³-hybridized carbons (Fsp3) is 0. The predicted octanol–water partition coefficient (Wildman–Crippen LogP) is -0.704. The first-order valence-corrected chi connectivity index (χ1v) is 1.11. The van der Waals surface area contributed by atoms with Crippen LogP contribution < -0.4 is 11.3 Å². The summed E-state index contributed by atoms with van der Waals surface area (Å²) in [6, 6.07) is 0. The van der Waals surface area contributed by atoms with E-state index in [4.69, 9.17) is 9.90 Å². The molecule has 0 radical (unpaired) electrons. The van der Waals surface area contributed by atoms with Crippen molar-refractivity contribution in [2.45, 2.75) is 0 Å². The molecule has 0 saturated carbocycles. The van der Waals surface area contributed by atoms with Crippen molar-refractivity contribution in [2.24, 2.45) is 0 Å². The summed E-state index contributed by atoms with van der Waals surface area (Å²) < 4.78 is 0. The molecule has 0 amide bonds. The van der Waals surface area contributed by atoms with E-state index in [0.29, 0.717) is 0 Å². The van der Waals surface area contributed by atoms with Gasteiger partial charge in [0.2, 0.25) is 0 Å². The van der Waals surface area contributed by atoms with Gasteiger partial charge in [-0.3, -0.25) is 0 Å². The molecule has 0 spiro atoms. The quantitative estimate of drug-likeness (QED) is 0.400. The second-order valence-electron chi connectivity index (χ2n) is 0.523. The summed E-state index contributed by atoms with van der Waals surface area (Å²) >= 11 is 0. The molecule has 7 heavy (non-hydrogen) atoms. The zero-order valence-corrected chi connectivity index (χ0v) is 7.28. The van der Waals surface area contributed by atoms with Gasteiger partial charge in [0.25, 0.3) is 0 Å². The van der Waals surface area contributed by atoms with Gasteiger partial charge in [-0.25, -0.2) is 0 Å². The second-order valence-corrected chi connectivity index (χ2v) is 0.523. The Morgan fingerprint density at radius 2 is 1.86 bits per heavy atom. The topological polar surface area (TPSA) is 76.6 Å². The van der Waals surface area contributed by atoms with Crippen LogP contribution >= 0.6 is 0 Å². The molecule has 0 heterocycles. The normalized spacial score (nSPS) is 4.57. The number of rotatable bonds is 1. The van der Waals surface area contributed by atoms with Gasteiger partial charge in [-0.2, -0.15) is 0 Å². The Morgan fingerprint density at radius 1 is 1.71 bits per heavy atom. The van der Waals surface area contributed by atoms with Gasteiger partial charge in [-0.05, 0) is 6.08 Å². The van der Waals surface area contributed by atoms with Crippen LogP contribution in [0.25, 0.3) is 0 Å². The van der Waals surface area contributed by atoms with Crippen molar-refractivity contribution in [1.29, 1.82) is 0 Å². The van der Waals surface area contributed by atoms with E-state index in [1.165, 1.54) is 0 Å². The molecule has 36 valence electrons. The molecular weight excluding hydrogens is 147 g/mol. The smallest absolute Gasteiger partial charge is 0.545 e. The van der Waals surface area contributed by atoms with Crippen LogP contribution in [0.2, 0.25) is 0 Å². The van der Waals surface area contributed by atoms with E-state index >= 15 is 0 Å². The molecule has 0 aromatic heterocycles. The molecule has 0 aromatic carbocycles. The number of carbonyl (C=O) groups excluding carboxylic acids is 1. The maximum absolute atomic E-state index is 9.14. The molecule has 0 fully saturated rings. The van der Waals surface area contributed by atoms with E-state index in [2.05, 4.69) is 6.58 Å². The van der Waals surface area contributed by atoms with Crippen LogP contribution in [0.5, 0.6) is 0 Å². The molecule has 4 heteroatoms. The Balaban J connectivity index is -0.0000000800. The second kappa shape index (κ2) is 9.25. The minimum Gasteiger partial charge on any atom is -0.545 e. The molecule has 0 aromatic rings. The van der Waals surface area contributed by atoms with Crippen molar-refractivity contribution in [1.82, 2.24) is 6.15 Å². The summed E-state index contributed by atoms with van der Waals surface area (Å²) in [5, 5.41) is 9.14. The van der Waals surface area contributed by atoms with Crippen LogP contribution in [0.3, 0.4) is 0 Å². The third kappa shape index (κ3) is 25.9. The van der Waals surface area contributed by atoms with Gasteiger partial charge < -0.3 is 16.1 Å². The van der Waals surface area contributed by atoms with Gasteiger partial charge in [-0.1, -0.05) is 6.58 Å². The largest absolute Gasteiger partial charge is 2.00 e. The van der Waals surface area contributed by atoms with Crippen molar-refractivity contribution in [3.63, 3.8) is 0 Å². The number of carbonyl (C=O) groups is 1. The fourth-order valence-corrected chi connectivity index (χ4v) is 0. The first kappa shape index (κ1) is 15.8. The average Bonchev–Trinajstić information content (AvgIpc) is 1.38. The molecule has 4 N–H and O–H groups in total. The first-order valence-electron chi connectivity index (χ1n) is 1.11. The third-order valence-electron chi connectivity index (χ3n) is 0.167. The summed E-state index contributed by atoms with van der Waals surface area (Å²) in [5.74, 6) is -1.23. The van der Waals surface area contributed by atoms with E-state index in [1.54, 1.807) is 0 Å². The maximum Gasteiger partial charge on any atom is 2.00 e. The van der Waals surface area contributed by atoms with E-state index in [1.807, 2.05) is 0 Å². The summed E-state index contributed by atoms with van der Waals surface area (Å²) in [5.41, 5.74) is 0. The van der Waals surface area contributed by atoms with Crippen molar-refractivity contribution in [3.05, 3.63) is 12.7 Å². The number of carboxylic acids is 1. The molecule has 0 unspecified atom stereocenters. The van der Waals surface area contributed by atoms with Gasteiger partial charge >= 0.3 is 19.5 Å². The van der Waals surface area contributed by atoms with E-state index in [-0.39, 0.29) is 25.6 Å². The Kier molecular flexibility index (Phi) is 20.9. The third-order valence-corrected chi connectivity index (χ3v) is 0.167. The molecule has 0 rings (SSSR count). The number of hydrogen-bond acceptors (Lipinski definition) is 2. The van der Waals surface area contributed by atoms with Crippen LogP contribution in [0, 0.1) is 0 Å². The number of carboxylic acid groups (broad SMARTS) is 1. The Labute approximate surface area is 54.8 Å². The van der Waals surface area contributed by atoms with Crippen molar-refractivity contribution in [2.75, 3.05) is 0 Å². The predicted molar refractivity (Wildman–Crippen MR) is 21.2 cm³/mol. The van der Waals surface area contributed by atoms with E-state index < -0.39 is 5.97 Å². The Morgan fingerprint density at radius 3 is 1.86 bits per heavy atom. The van der Waals surface area contributed by atoms with Crippen LogP contribution in [0.1, 0.15) is 0 Å². The van der Waals surface area contributed by atoms with E-state index in [0.717, 1.165) is 6.08 Å². The molecule has 3 nitrogen and oxygen atoms in total. The van der Waals surface area contributed by atoms with Crippen LogP contribution in [0.15, 0.2) is 12.7 Å². The monoisotopic (exact) mass is 153 g/mol. The van der Waals surface area contributed by atoms with Crippen LogP contribution in [-0.4, -0.2) is 5.97 Å². The minimum atomic E-state index is -1.23. The molecule has 0 aliphatic heterocycles. The van der Waals surface area contributed by atoms with Crippen LogP contribution in [0.4, 0.5) is 0 Å². The fourth-order valence-electron chi connectivity index (χ4n) is 0. The molecule has 0 aliphatic carbocycles. The SMILES string of the molecule is C=CC(=O)[O-].[NH4+].[Zn+2].